The molecule has 2 rings (SSSR count). The highest BCUT2D eigenvalue weighted by molar-refractivity contribution is 6.30. The van der Waals surface area contributed by atoms with Gasteiger partial charge in [-0.25, -0.2) is 0 Å². The van der Waals surface area contributed by atoms with Gasteiger partial charge in [-0.2, -0.15) is 0 Å². The number of hydrogen-bond acceptors (Lipinski definition) is 2. The van der Waals surface area contributed by atoms with Gasteiger partial charge in [-0.05, 0) is 42.2 Å². The molecule has 0 bridgehead atoms. The lowest BCUT2D eigenvalue weighted by molar-refractivity contribution is 0.0209. The van der Waals surface area contributed by atoms with Crippen molar-refractivity contribution in [2.75, 3.05) is 0 Å². The van der Waals surface area contributed by atoms with Crippen LogP contribution in [0.15, 0.2) is 48.5 Å². The molecule has 0 amide bonds. The molecule has 0 saturated carbocycles. The standard InChI is InChI=1S/C18H22ClNO/c1-3-17(20)18(16-10-5-4-7-13(16)2)21-12-14-8-6-9-15(19)11-14/h4-11,17-18H,3,12,20H2,1-2H3. The van der Waals surface area contributed by atoms with E-state index in [1.165, 1.54) is 5.56 Å². The third-order valence-corrected chi connectivity index (χ3v) is 3.91. The van der Waals surface area contributed by atoms with Crippen molar-refractivity contribution >= 4 is 11.6 Å². The Kier molecular flexibility index (Phi) is 5.80. The summed E-state index contributed by atoms with van der Waals surface area (Å²) in [6.07, 6.45) is 0.768. The average Bonchev–Trinajstić information content (AvgIpc) is 2.49. The Balaban J connectivity index is 2.16. The van der Waals surface area contributed by atoms with Crippen LogP contribution < -0.4 is 5.73 Å². The summed E-state index contributed by atoms with van der Waals surface area (Å²) in [4.78, 5) is 0. The average molecular weight is 304 g/mol. The van der Waals surface area contributed by atoms with Gasteiger partial charge in [0, 0.05) is 11.1 Å². The lowest BCUT2D eigenvalue weighted by Crippen LogP contribution is -2.30. The summed E-state index contributed by atoms with van der Waals surface area (Å²) in [5, 5.41) is 0.725. The summed E-state index contributed by atoms with van der Waals surface area (Å²) >= 11 is 6.01. The molecule has 3 heteroatoms. The van der Waals surface area contributed by atoms with Crippen LogP contribution in [0, 0.1) is 6.92 Å². The molecule has 0 heterocycles. The van der Waals surface area contributed by atoms with Crippen molar-refractivity contribution in [1.82, 2.24) is 0 Å². The van der Waals surface area contributed by atoms with Crippen LogP contribution in [0.1, 0.15) is 36.1 Å². The Morgan fingerprint density at radius 1 is 1.14 bits per heavy atom. The summed E-state index contributed by atoms with van der Waals surface area (Å²) in [5.74, 6) is 0. The van der Waals surface area contributed by atoms with Gasteiger partial charge in [0.1, 0.15) is 0 Å². The highest BCUT2D eigenvalue weighted by atomic mass is 35.5. The van der Waals surface area contributed by atoms with Gasteiger partial charge in [0.15, 0.2) is 0 Å². The molecule has 0 fully saturated rings. The van der Waals surface area contributed by atoms with Gasteiger partial charge in [0.2, 0.25) is 0 Å². The summed E-state index contributed by atoms with van der Waals surface area (Å²) < 4.78 is 6.12. The summed E-state index contributed by atoms with van der Waals surface area (Å²) in [6.45, 7) is 4.68. The van der Waals surface area contributed by atoms with E-state index in [1.54, 1.807) is 0 Å². The number of nitrogens with two attached hydrogens (primary N) is 1. The molecule has 112 valence electrons. The first-order valence-corrected chi connectivity index (χ1v) is 7.66. The lowest BCUT2D eigenvalue weighted by atomic mass is 9.97. The van der Waals surface area contributed by atoms with Gasteiger partial charge in [-0.1, -0.05) is 54.9 Å². The number of ether oxygens (including phenoxy) is 1. The first-order valence-electron chi connectivity index (χ1n) is 7.29. The van der Waals surface area contributed by atoms with E-state index in [0.717, 1.165) is 22.6 Å². The fourth-order valence-corrected chi connectivity index (χ4v) is 2.59. The number of aryl methyl sites for hydroxylation is 1. The van der Waals surface area contributed by atoms with E-state index in [2.05, 4.69) is 26.0 Å². The van der Waals surface area contributed by atoms with Crippen molar-refractivity contribution in [2.45, 2.75) is 39.0 Å². The fourth-order valence-electron chi connectivity index (χ4n) is 2.38. The monoisotopic (exact) mass is 303 g/mol. The van der Waals surface area contributed by atoms with Crippen LogP contribution in [0.4, 0.5) is 0 Å². The third-order valence-electron chi connectivity index (χ3n) is 3.67. The molecule has 0 aliphatic heterocycles. The number of benzene rings is 2. The minimum Gasteiger partial charge on any atom is -0.367 e. The van der Waals surface area contributed by atoms with Crippen molar-refractivity contribution in [2.24, 2.45) is 5.73 Å². The molecule has 0 aliphatic carbocycles. The molecule has 21 heavy (non-hydrogen) atoms. The van der Waals surface area contributed by atoms with Crippen LogP contribution in [-0.4, -0.2) is 6.04 Å². The van der Waals surface area contributed by atoms with E-state index >= 15 is 0 Å². The molecule has 2 aromatic carbocycles. The number of rotatable bonds is 6. The molecule has 0 aliphatic rings. The van der Waals surface area contributed by atoms with Gasteiger partial charge >= 0.3 is 0 Å². The molecular formula is C18H22ClNO. The molecule has 0 spiro atoms. The Labute approximate surface area is 131 Å². The molecule has 2 unspecified atom stereocenters. The molecular weight excluding hydrogens is 282 g/mol. The second kappa shape index (κ2) is 7.60. The van der Waals surface area contributed by atoms with Crippen LogP contribution in [0.3, 0.4) is 0 Å². The van der Waals surface area contributed by atoms with Crippen LogP contribution in [0.25, 0.3) is 0 Å². The molecule has 2 aromatic rings. The quantitative estimate of drug-likeness (QED) is 0.843. The largest absolute Gasteiger partial charge is 0.367 e. The Morgan fingerprint density at radius 3 is 2.57 bits per heavy atom. The van der Waals surface area contributed by atoms with Gasteiger partial charge < -0.3 is 10.5 Å². The lowest BCUT2D eigenvalue weighted by Gasteiger charge is -2.25. The predicted molar refractivity (Wildman–Crippen MR) is 88.4 cm³/mol. The van der Waals surface area contributed by atoms with E-state index < -0.39 is 0 Å². The highest BCUT2D eigenvalue weighted by Crippen LogP contribution is 2.26. The van der Waals surface area contributed by atoms with E-state index in [4.69, 9.17) is 22.1 Å². The van der Waals surface area contributed by atoms with Crippen LogP contribution in [0.2, 0.25) is 5.02 Å². The maximum atomic E-state index is 6.26. The Morgan fingerprint density at radius 2 is 1.90 bits per heavy atom. The summed E-state index contributed by atoms with van der Waals surface area (Å²) in [5.41, 5.74) is 9.69. The Bertz CT molecular complexity index is 585. The van der Waals surface area contributed by atoms with E-state index in [0.29, 0.717) is 6.61 Å². The minimum atomic E-state index is -0.102. The topological polar surface area (TPSA) is 35.2 Å². The zero-order valence-corrected chi connectivity index (χ0v) is 13.3. The maximum Gasteiger partial charge on any atom is 0.0982 e. The number of hydrogen-bond donors (Lipinski definition) is 1. The SMILES string of the molecule is CCC(N)C(OCc1cccc(Cl)c1)c1ccccc1C. The summed E-state index contributed by atoms with van der Waals surface area (Å²) in [6, 6.07) is 16.0. The zero-order chi connectivity index (χ0) is 15.2. The van der Waals surface area contributed by atoms with Crippen molar-refractivity contribution < 1.29 is 4.74 Å². The first-order chi connectivity index (χ1) is 10.1. The molecule has 2 nitrogen and oxygen atoms in total. The van der Waals surface area contributed by atoms with Gasteiger partial charge in [-0.3, -0.25) is 0 Å². The third kappa shape index (κ3) is 4.31. The predicted octanol–water partition coefficient (Wildman–Crippen LogP) is 4.64. The van der Waals surface area contributed by atoms with E-state index in [9.17, 15) is 0 Å². The van der Waals surface area contributed by atoms with Crippen LogP contribution >= 0.6 is 11.6 Å². The zero-order valence-electron chi connectivity index (χ0n) is 12.6. The smallest absolute Gasteiger partial charge is 0.0982 e. The highest BCUT2D eigenvalue weighted by Gasteiger charge is 2.20. The summed E-state index contributed by atoms with van der Waals surface area (Å²) in [7, 11) is 0. The molecule has 2 N–H and O–H groups in total. The van der Waals surface area contributed by atoms with Crippen molar-refractivity contribution in [3.8, 4) is 0 Å². The van der Waals surface area contributed by atoms with Crippen molar-refractivity contribution in [3.05, 3.63) is 70.2 Å². The van der Waals surface area contributed by atoms with Crippen LogP contribution in [-0.2, 0) is 11.3 Å². The second-order valence-corrected chi connectivity index (χ2v) is 5.73. The molecule has 0 saturated heterocycles. The first kappa shape index (κ1) is 16.0. The molecule has 2 atom stereocenters. The molecule has 0 radical (unpaired) electrons. The van der Waals surface area contributed by atoms with E-state index in [1.807, 2.05) is 36.4 Å². The normalized spacial score (nSPS) is 13.9. The minimum absolute atomic E-state index is 0.0229. The van der Waals surface area contributed by atoms with Gasteiger partial charge in [0.25, 0.3) is 0 Å². The second-order valence-electron chi connectivity index (χ2n) is 5.29. The molecule has 0 aromatic heterocycles. The van der Waals surface area contributed by atoms with Crippen molar-refractivity contribution in [1.29, 1.82) is 0 Å². The van der Waals surface area contributed by atoms with E-state index in [-0.39, 0.29) is 12.1 Å². The van der Waals surface area contributed by atoms with Gasteiger partial charge in [-0.15, -0.1) is 0 Å². The fraction of sp³-hybridized carbons (Fsp3) is 0.333. The maximum absolute atomic E-state index is 6.26. The van der Waals surface area contributed by atoms with Crippen LogP contribution in [0.5, 0.6) is 0 Å². The Hall–Kier alpha value is -1.35. The number of halogens is 1. The van der Waals surface area contributed by atoms with Crippen molar-refractivity contribution in [3.63, 3.8) is 0 Å². The van der Waals surface area contributed by atoms with Gasteiger partial charge in [0.05, 0.1) is 12.7 Å².